The van der Waals surface area contributed by atoms with Gasteiger partial charge >= 0.3 is 71.7 Å². The van der Waals surface area contributed by atoms with E-state index >= 15 is 0 Å². The first kappa shape index (κ1) is 57.2. The van der Waals surface area contributed by atoms with E-state index in [1.165, 1.54) is 0 Å². The van der Waals surface area contributed by atoms with Crippen molar-refractivity contribution < 1.29 is 54.6 Å². The summed E-state index contributed by atoms with van der Waals surface area (Å²) in [5, 5.41) is 0. The molecule has 0 heterocycles. The zero-order chi connectivity index (χ0) is 0. The molecule has 0 aromatic rings. The summed E-state index contributed by atoms with van der Waals surface area (Å²) >= 11 is 0. The van der Waals surface area contributed by atoms with Crippen molar-refractivity contribution >= 4 is 57.6 Å². The summed E-state index contributed by atoms with van der Waals surface area (Å²) in [7, 11) is 0. The third kappa shape index (κ3) is 26.2. The topological polar surface area (TPSA) is 0 Å². The van der Waals surface area contributed by atoms with E-state index in [1.807, 2.05) is 0 Å². The molecule has 0 radical (unpaired) electrons. The third-order valence-electron chi connectivity index (χ3n) is 0. The molecular formula is H4Cd2S3Se. The fraction of sp³-hybridized carbons (Fsp3) is 0. The van der Waals surface area contributed by atoms with Gasteiger partial charge in [0.2, 0.25) is 0 Å². The second kappa shape index (κ2) is 39.7. The van der Waals surface area contributed by atoms with Crippen molar-refractivity contribution in [1.29, 1.82) is 0 Å². The van der Waals surface area contributed by atoms with Crippen molar-refractivity contribution in [3.63, 3.8) is 0 Å². The van der Waals surface area contributed by atoms with Gasteiger partial charge in [-0.05, 0) is 0 Å². The molecular weight excluding hydrogens is 400 g/mol. The number of hydrogen-bond donors (Lipinski definition) is 0. The van der Waals surface area contributed by atoms with Crippen LogP contribution < -0.4 is 0 Å². The predicted octanol–water partition coefficient (Wildman–Crippen LogP) is -0.813. The van der Waals surface area contributed by atoms with E-state index in [2.05, 4.69) is 0 Å². The molecule has 0 spiro atoms. The SMILES string of the molecule is S.[Cd+2].[Cd+2].[S-2].[S-2].[SeH2]. The minimum absolute atomic E-state index is 0. The van der Waals surface area contributed by atoms with Gasteiger partial charge in [0.05, 0.1) is 0 Å². The van der Waals surface area contributed by atoms with Crippen molar-refractivity contribution in [2.24, 2.45) is 0 Å². The van der Waals surface area contributed by atoms with Gasteiger partial charge in [-0.15, -0.1) is 0 Å². The molecule has 0 aromatic heterocycles. The van der Waals surface area contributed by atoms with Gasteiger partial charge in [0, 0.05) is 0 Å². The van der Waals surface area contributed by atoms with Crippen molar-refractivity contribution in [1.82, 2.24) is 0 Å². The van der Waals surface area contributed by atoms with Crippen molar-refractivity contribution in [2.75, 3.05) is 0 Å². The zero-order valence-corrected chi connectivity index (χ0v) is 16.0. The molecule has 0 nitrogen and oxygen atoms in total. The summed E-state index contributed by atoms with van der Waals surface area (Å²) in [6.07, 6.45) is 0. The predicted molar refractivity (Wildman–Crippen MR) is 33.7 cm³/mol. The van der Waals surface area contributed by atoms with Gasteiger partial charge in [-0.1, -0.05) is 0 Å². The molecule has 0 fully saturated rings. The molecule has 0 aliphatic rings. The van der Waals surface area contributed by atoms with Crippen LogP contribution in [0.25, 0.3) is 0 Å². The van der Waals surface area contributed by atoms with Crippen LogP contribution >= 0.6 is 13.5 Å². The molecule has 0 saturated heterocycles. The third-order valence-corrected chi connectivity index (χ3v) is 0. The fourth-order valence-electron chi connectivity index (χ4n) is 0. The fourth-order valence-corrected chi connectivity index (χ4v) is 0. The summed E-state index contributed by atoms with van der Waals surface area (Å²) in [5.41, 5.74) is 0. The van der Waals surface area contributed by atoms with E-state index in [1.54, 1.807) is 0 Å². The van der Waals surface area contributed by atoms with Gasteiger partial charge in [0.15, 0.2) is 0 Å². The molecule has 0 saturated carbocycles. The Morgan fingerprint density at radius 3 is 0.667 bits per heavy atom. The van der Waals surface area contributed by atoms with Crippen LogP contribution in [-0.2, 0) is 81.6 Å². The van der Waals surface area contributed by atoms with Crippen LogP contribution in [-0.4, -0.2) is 17.1 Å². The van der Waals surface area contributed by atoms with Crippen molar-refractivity contribution in [3.8, 4) is 0 Å². The van der Waals surface area contributed by atoms with E-state index in [-0.39, 0.29) is 112 Å². The molecule has 0 aliphatic heterocycles. The van der Waals surface area contributed by atoms with E-state index in [0.717, 1.165) is 0 Å². The van der Waals surface area contributed by atoms with Gasteiger partial charge in [-0.2, -0.15) is 13.5 Å². The summed E-state index contributed by atoms with van der Waals surface area (Å²) < 4.78 is 0. The maximum atomic E-state index is 0. The van der Waals surface area contributed by atoms with Crippen LogP contribution in [0.4, 0.5) is 0 Å². The Balaban J connectivity index is 0. The Bertz CT molecular complexity index is 8.75. The van der Waals surface area contributed by atoms with Crippen molar-refractivity contribution in [3.05, 3.63) is 0 Å². The molecule has 6 heteroatoms. The summed E-state index contributed by atoms with van der Waals surface area (Å²) in [4.78, 5) is 0. The monoisotopic (exact) mass is 408 g/mol. The molecule has 32 valence electrons. The first-order valence-corrected chi connectivity index (χ1v) is 0. The summed E-state index contributed by atoms with van der Waals surface area (Å²) in [5.74, 6) is 0. The standard InChI is InChI=1S/2Cd.H2S.2S.H2Se/h;;1H2;;;1H2/q2*+2;;2*-2;. The normalized spacial score (nSPS) is 0. The molecule has 0 aromatic carbocycles. The second-order valence-corrected chi connectivity index (χ2v) is 0. The molecule has 6 heavy (non-hydrogen) atoms. The first-order chi connectivity index (χ1) is 0. The molecule has 0 amide bonds. The molecule has 0 N–H and O–H groups in total. The van der Waals surface area contributed by atoms with Gasteiger partial charge in [-0.3, -0.25) is 0 Å². The Morgan fingerprint density at radius 1 is 0.667 bits per heavy atom. The quantitative estimate of drug-likeness (QED) is 0.464. The average molecular weight is 404 g/mol. The minimum atomic E-state index is 0. The Morgan fingerprint density at radius 2 is 0.667 bits per heavy atom. The molecule has 0 atom stereocenters. The van der Waals surface area contributed by atoms with Gasteiger partial charge in [0.25, 0.3) is 0 Å². The first-order valence-electron chi connectivity index (χ1n) is 0. The zero-order valence-electron chi connectivity index (χ0n) is 3.23. The second-order valence-electron chi connectivity index (χ2n) is 0. The van der Waals surface area contributed by atoms with Gasteiger partial charge < -0.3 is 27.0 Å². The van der Waals surface area contributed by atoms with Crippen LogP contribution in [0, 0.1) is 0 Å². The summed E-state index contributed by atoms with van der Waals surface area (Å²) in [6, 6.07) is 0. The number of hydrogen-bond acceptors (Lipinski definition) is 0. The van der Waals surface area contributed by atoms with Crippen LogP contribution in [0.2, 0.25) is 0 Å². The Kier molecular flexibility index (Phi) is 378. The van der Waals surface area contributed by atoms with Crippen LogP contribution in [0.15, 0.2) is 0 Å². The maximum absolute atomic E-state index is 0. The van der Waals surface area contributed by atoms with Gasteiger partial charge in [0.1, 0.15) is 0 Å². The Hall–Kier alpha value is 3.41. The molecule has 0 bridgehead atoms. The molecule has 0 unspecified atom stereocenters. The van der Waals surface area contributed by atoms with Crippen LogP contribution in [0.1, 0.15) is 0 Å². The van der Waals surface area contributed by atoms with Crippen molar-refractivity contribution in [2.45, 2.75) is 0 Å². The van der Waals surface area contributed by atoms with Gasteiger partial charge in [-0.25, -0.2) is 0 Å². The summed E-state index contributed by atoms with van der Waals surface area (Å²) in [6.45, 7) is 0. The molecule has 0 rings (SSSR count). The average Bonchev–Trinajstić information content (AvgIpc) is 0. The number of rotatable bonds is 0. The van der Waals surface area contributed by atoms with E-state index in [0.29, 0.717) is 0 Å². The van der Waals surface area contributed by atoms with E-state index < -0.39 is 0 Å². The van der Waals surface area contributed by atoms with E-state index in [4.69, 9.17) is 0 Å². The Labute approximate surface area is 110 Å². The molecule has 0 aliphatic carbocycles. The van der Waals surface area contributed by atoms with Crippen LogP contribution in [0.5, 0.6) is 0 Å². The van der Waals surface area contributed by atoms with Crippen LogP contribution in [0.3, 0.4) is 0 Å². The van der Waals surface area contributed by atoms with E-state index in [9.17, 15) is 0 Å².